The van der Waals surface area contributed by atoms with Crippen LogP contribution < -0.4 is 0 Å². The van der Waals surface area contributed by atoms with Crippen LogP contribution in [0.5, 0.6) is 0 Å². The third-order valence-corrected chi connectivity index (χ3v) is 21.9. The zero-order chi connectivity index (χ0) is 57.1. The Morgan fingerprint density at radius 3 is 1.72 bits per heavy atom. The van der Waals surface area contributed by atoms with Crippen molar-refractivity contribution in [2.75, 3.05) is 33.5 Å². The highest BCUT2D eigenvalue weighted by Gasteiger charge is 2.73. The predicted octanol–water partition coefficient (Wildman–Crippen LogP) is -1.94. The molecular weight excluding hydrogens is 1030 g/mol. The van der Waals surface area contributed by atoms with Crippen molar-refractivity contribution in [3.8, 4) is 0 Å². The van der Waals surface area contributed by atoms with Crippen LogP contribution in [0.1, 0.15) is 107 Å². The topological polar surface area (TPSA) is 366 Å². The lowest BCUT2D eigenvalue weighted by atomic mass is 9.32. The Hall–Kier alpha value is -1.18. The van der Waals surface area contributed by atoms with Crippen LogP contribution in [0.25, 0.3) is 0 Å². The smallest absolute Gasteiger partial charge is 0.187 e. The first-order chi connectivity index (χ1) is 36.6. The van der Waals surface area contributed by atoms with E-state index in [9.17, 15) is 71.5 Å². The van der Waals surface area contributed by atoms with Gasteiger partial charge in [0.1, 0.15) is 85.5 Å². The van der Waals surface area contributed by atoms with Crippen molar-refractivity contribution < 1.29 is 114 Å². The summed E-state index contributed by atoms with van der Waals surface area (Å²) < 4.78 is 55.9. The standard InChI is InChI=1S/C55H92O23/c1-23-33(61)36(64)39(67)46(71-23)76-42-29(20-57)74-48(41(69)38(42)66)77-43-34(62)24(2)72-49(44(43)78-47-40(68)37(65)35(63)28(19-56)73-47)75-32-11-12-51(5)30(52(32,6)21-58)10-13-53(7)45(51)27(70-9)16-25-26-17-50(3,4)14-15-55(26,22-59)31(60)18-54(25,53)8/h16,23-24,26-49,56-69H,10-15,17-22H2,1-9H3/t23-,24-,26+,27-,28-,29-,30-,31+,32+,33+,34+,35-,36-,37+,38-,39-,40-,41-,42-,43+,44-,45-,46-,47+,48+,49+,51+,52+,53-,54-,55-/m1/s1. The second kappa shape index (κ2) is 22.3. The molecule has 5 aliphatic carbocycles. The van der Waals surface area contributed by atoms with E-state index in [1.165, 1.54) is 19.4 Å². The fraction of sp³-hybridized carbons (Fsp3) is 0.964. The van der Waals surface area contributed by atoms with Gasteiger partial charge in [-0.1, -0.05) is 53.2 Å². The lowest BCUT2D eigenvalue weighted by Gasteiger charge is -2.73. The van der Waals surface area contributed by atoms with Crippen molar-refractivity contribution in [3.63, 3.8) is 0 Å². The lowest BCUT2D eigenvalue weighted by molar-refractivity contribution is -0.403. The summed E-state index contributed by atoms with van der Waals surface area (Å²) >= 11 is 0. The summed E-state index contributed by atoms with van der Waals surface area (Å²) in [6.45, 7) is 14.2. The first-order valence-electron chi connectivity index (χ1n) is 28.3. The number of ether oxygens (including phenoxy) is 9. The second-order valence-electron chi connectivity index (χ2n) is 26.6. The molecule has 9 aliphatic rings. The molecule has 0 unspecified atom stereocenters. The number of methoxy groups -OCH3 is 1. The van der Waals surface area contributed by atoms with Gasteiger partial charge in [0, 0.05) is 23.9 Å². The van der Waals surface area contributed by atoms with Crippen molar-refractivity contribution in [3.05, 3.63) is 11.6 Å². The Kier molecular flexibility index (Phi) is 17.6. The van der Waals surface area contributed by atoms with Crippen LogP contribution in [0.2, 0.25) is 0 Å². The fourth-order valence-electron chi connectivity index (χ4n) is 16.9. The van der Waals surface area contributed by atoms with Crippen LogP contribution in [0.3, 0.4) is 0 Å². The lowest BCUT2D eigenvalue weighted by Crippen LogP contribution is -2.70. The second-order valence-corrected chi connectivity index (χ2v) is 26.6. The van der Waals surface area contributed by atoms with Gasteiger partial charge in [0.25, 0.3) is 0 Å². The molecule has 4 saturated heterocycles. The van der Waals surface area contributed by atoms with E-state index in [-0.39, 0.29) is 42.5 Å². The molecule has 23 heteroatoms. The van der Waals surface area contributed by atoms with E-state index in [4.69, 9.17) is 42.6 Å². The Bertz CT molecular complexity index is 2100. The molecule has 0 radical (unpaired) electrons. The van der Waals surface area contributed by atoms with Crippen molar-refractivity contribution in [2.24, 2.45) is 50.2 Å². The van der Waals surface area contributed by atoms with Gasteiger partial charge in [-0.2, -0.15) is 0 Å². The minimum atomic E-state index is -2.03. The number of fused-ring (bicyclic) bond motifs is 7. The van der Waals surface area contributed by atoms with E-state index < -0.39 is 175 Å². The summed E-state index contributed by atoms with van der Waals surface area (Å²) in [5.41, 5.74) is -1.77. The van der Waals surface area contributed by atoms with Gasteiger partial charge in [0.05, 0.1) is 56.9 Å². The van der Waals surface area contributed by atoms with E-state index in [0.29, 0.717) is 32.1 Å². The van der Waals surface area contributed by atoms with Crippen molar-refractivity contribution in [1.82, 2.24) is 0 Å². The normalized spacial score (nSPS) is 56.2. The monoisotopic (exact) mass is 1120 g/mol. The third kappa shape index (κ3) is 9.72. The van der Waals surface area contributed by atoms with Gasteiger partial charge >= 0.3 is 0 Å². The van der Waals surface area contributed by atoms with Crippen molar-refractivity contribution in [2.45, 2.75) is 248 Å². The van der Waals surface area contributed by atoms with E-state index >= 15 is 0 Å². The molecule has 0 spiro atoms. The molecule has 8 fully saturated rings. The number of hydrogen-bond acceptors (Lipinski definition) is 23. The predicted molar refractivity (Wildman–Crippen MR) is 269 cm³/mol. The molecule has 0 amide bonds. The van der Waals surface area contributed by atoms with Crippen LogP contribution in [-0.2, 0) is 42.6 Å². The summed E-state index contributed by atoms with van der Waals surface area (Å²) in [6.07, 6.45) is -27.7. The molecule has 4 saturated carbocycles. The molecule has 0 aromatic rings. The molecular formula is C55H92O23. The largest absolute Gasteiger partial charge is 0.396 e. The molecule has 23 nitrogen and oxygen atoms in total. The molecule has 450 valence electrons. The van der Waals surface area contributed by atoms with Crippen LogP contribution in [0, 0.1) is 50.2 Å². The number of allylic oxidation sites excluding steroid dienone is 1. The number of aliphatic hydroxyl groups is 14. The number of aliphatic hydroxyl groups excluding tert-OH is 14. The molecule has 14 N–H and O–H groups in total. The van der Waals surface area contributed by atoms with E-state index in [2.05, 4.69) is 40.7 Å². The third-order valence-electron chi connectivity index (χ3n) is 21.9. The van der Waals surface area contributed by atoms with Crippen LogP contribution >= 0.6 is 0 Å². The Balaban J connectivity index is 1.02. The highest BCUT2D eigenvalue weighted by molar-refractivity contribution is 5.37. The van der Waals surface area contributed by atoms with Crippen LogP contribution in [0.15, 0.2) is 11.6 Å². The number of hydrogen-bond donors (Lipinski definition) is 14. The maximum Gasteiger partial charge on any atom is 0.187 e. The average molecular weight is 1120 g/mol. The van der Waals surface area contributed by atoms with Gasteiger partial charge in [0.15, 0.2) is 25.2 Å². The molecule has 9 rings (SSSR count). The maximum atomic E-state index is 12.3. The van der Waals surface area contributed by atoms with Gasteiger partial charge in [-0.15, -0.1) is 0 Å². The average Bonchev–Trinajstić information content (AvgIpc) is 3.22. The van der Waals surface area contributed by atoms with Crippen molar-refractivity contribution in [1.29, 1.82) is 0 Å². The summed E-state index contributed by atoms with van der Waals surface area (Å²) in [5.74, 6) is -0.364. The molecule has 4 aliphatic heterocycles. The van der Waals surface area contributed by atoms with E-state index in [1.807, 2.05) is 6.92 Å². The quantitative estimate of drug-likeness (QED) is 0.0705. The van der Waals surface area contributed by atoms with Crippen LogP contribution in [0.4, 0.5) is 0 Å². The zero-order valence-electron chi connectivity index (χ0n) is 46.5. The van der Waals surface area contributed by atoms with Crippen molar-refractivity contribution >= 4 is 0 Å². The molecule has 78 heavy (non-hydrogen) atoms. The van der Waals surface area contributed by atoms with Gasteiger partial charge in [-0.25, -0.2) is 0 Å². The van der Waals surface area contributed by atoms with Gasteiger partial charge in [-0.3, -0.25) is 0 Å². The summed E-state index contributed by atoms with van der Waals surface area (Å²) in [4.78, 5) is 0. The molecule has 31 atom stereocenters. The summed E-state index contributed by atoms with van der Waals surface area (Å²) in [5, 5.41) is 155. The first kappa shape index (κ1) is 61.4. The number of rotatable bonds is 13. The summed E-state index contributed by atoms with van der Waals surface area (Å²) in [7, 11) is 1.73. The Morgan fingerprint density at radius 2 is 1.10 bits per heavy atom. The molecule has 4 heterocycles. The fourth-order valence-corrected chi connectivity index (χ4v) is 16.9. The maximum absolute atomic E-state index is 12.3. The Morgan fingerprint density at radius 1 is 0.538 bits per heavy atom. The van der Waals surface area contributed by atoms with Gasteiger partial charge in [-0.05, 0) is 98.7 Å². The Labute approximate surface area is 456 Å². The zero-order valence-corrected chi connectivity index (χ0v) is 46.5. The molecule has 0 aromatic heterocycles. The molecule has 0 aromatic carbocycles. The van der Waals surface area contributed by atoms with Gasteiger partial charge < -0.3 is 114 Å². The van der Waals surface area contributed by atoms with E-state index in [0.717, 1.165) is 19.3 Å². The van der Waals surface area contributed by atoms with Crippen LogP contribution in [-0.4, -0.2) is 246 Å². The molecule has 0 bridgehead atoms. The summed E-state index contributed by atoms with van der Waals surface area (Å²) in [6, 6.07) is 0. The first-order valence-corrected chi connectivity index (χ1v) is 28.3. The van der Waals surface area contributed by atoms with Gasteiger partial charge in [0.2, 0.25) is 0 Å². The SMILES string of the molecule is CO[C@@H]1C=C2[C@@H]3CC(C)(C)CC[C@]3(CO)[C@@H](O)C[C@@]2(C)[C@]2(C)CC[C@H]3[C@](C)(CO)[C@@H](O[C@@H]4O[C@H](C)[C@H](O)[C@H](O[C@@H]5O[C@H](CO)[C@@H](O[C@H]6O[C@H](C)[C@H](O)[C@@H](O)[C@H]6O)[C@H](O)[C@H]5O)[C@H]4O[C@@H]4O[C@H](CO)[C@@H](O)[C@H](O)[C@H]4O)CC[C@]3(C)[C@@H]12. The van der Waals surface area contributed by atoms with E-state index in [1.54, 1.807) is 7.11 Å². The highest BCUT2D eigenvalue weighted by Crippen LogP contribution is 2.76. The highest BCUT2D eigenvalue weighted by atomic mass is 16.8. The minimum absolute atomic E-state index is 0.000721. The minimum Gasteiger partial charge on any atom is -0.396 e.